The second-order valence-electron chi connectivity index (χ2n) is 6.59. The lowest BCUT2D eigenvalue weighted by Crippen LogP contribution is -2.23. The molecule has 11 nitrogen and oxygen atoms in total. The Morgan fingerprint density at radius 2 is 1.94 bits per heavy atom. The second-order valence-corrected chi connectivity index (χ2v) is 8.89. The fraction of sp³-hybridized carbons (Fsp3) is 0.143. The average molecular weight is 507 g/mol. The molecule has 0 amide bonds. The zero-order valence-corrected chi connectivity index (χ0v) is 19.4. The quantitative estimate of drug-likeness (QED) is 0.251. The number of carboxylic acid groups (broad SMARTS) is 1. The number of methoxy groups -OCH3 is 1. The zero-order valence-electron chi connectivity index (χ0n) is 17.9. The summed E-state index contributed by atoms with van der Waals surface area (Å²) in [7, 11) is -1.37. The SMILES string of the molecule is CNC(OC(=O)/C=C/C(=O)O)c1cc(S(=O)(=O)c2ccnc(OC)c2)n(-c2ccccc2Cl)n1. The molecule has 0 spiro atoms. The van der Waals surface area contributed by atoms with E-state index in [0.717, 1.165) is 10.8 Å². The van der Waals surface area contributed by atoms with Crippen LogP contribution in [0.3, 0.4) is 0 Å². The fourth-order valence-electron chi connectivity index (χ4n) is 2.85. The van der Waals surface area contributed by atoms with Crippen molar-refractivity contribution in [2.75, 3.05) is 14.2 Å². The molecule has 3 rings (SSSR count). The maximum absolute atomic E-state index is 13.5. The number of hydrogen-bond donors (Lipinski definition) is 2. The lowest BCUT2D eigenvalue weighted by molar-refractivity contribution is -0.145. The van der Waals surface area contributed by atoms with Gasteiger partial charge in [0.25, 0.3) is 0 Å². The molecule has 2 aromatic heterocycles. The molecule has 1 atom stereocenters. The van der Waals surface area contributed by atoms with Gasteiger partial charge in [-0.1, -0.05) is 23.7 Å². The minimum absolute atomic E-state index is 0.0269. The van der Waals surface area contributed by atoms with Gasteiger partial charge in [0.05, 0.1) is 22.7 Å². The Bertz CT molecular complexity index is 1350. The molecule has 2 heterocycles. The third kappa shape index (κ3) is 5.42. The first-order valence-electron chi connectivity index (χ1n) is 9.56. The van der Waals surface area contributed by atoms with Crippen LogP contribution in [0.5, 0.6) is 5.88 Å². The van der Waals surface area contributed by atoms with E-state index in [2.05, 4.69) is 15.4 Å². The van der Waals surface area contributed by atoms with E-state index < -0.39 is 28.0 Å². The van der Waals surface area contributed by atoms with E-state index in [-0.39, 0.29) is 32.2 Å². The van der Waals surface area contributed by atoms with Crippen LogP contribution >= 0.6 is 11.6 Å². The lowest BCUT2D eigenvalue weighted by atomic mass is 10.3. The van der Waals surface area contributed by atoms with Crippen molar-refractivity contribution in [3.8, 4) is 11.6 Å². The summed E-state index contributed by atoms with van der Waals surface area (Å²) in [5.41, 5.74) is 0.293. The summed E-state index contributed by atoms with van der Waals surface area (Å²) in [6.07, 6.45) is 1.43. The van der Waals surface area contributed by atoms with Gasteiger partial charge in [-0.25, -0.2) is 27.7 Å². The molecule has 0 aliphatic carbocycles. The monoisotopic (exact) mass is 506 g/mol. The highest BCUT2D eigenvalue weighted by Gasteiger charge is 2.29. The number of halogens is 1. The first-order chi connectivity index (χ1) is 16.2. The molecule has 13 heteroatoms. The van der Waals surface area contributed by atoms with E-state index in [1.54, 1.807) is 24.3 Å². The van der Waals surface area contributed by atoms with Crippen molar-refractivity contribution in [2.45, 2.75) is 16.1 Å². The third-order valence-electron chi connectivity index (χ3n) is 4.40. The maximum atomic E-state index is 13.5. The van der Waals surface area contributed by atoms with Crippen molar-refractivity contribution in [3.63, 3.8) is 0 Å². The second kappa shape index (κ2) is 10.5. The van der Waals surface area contributed by atoms with Crippen molar-refractivity contribution in [2.24, 2.45) is 0 Å². The van der Waals surface area contributed by atoms with Crippen LogP contribution in [0.15, 0.2) is 70.7 Å². The van der Waals surface area contributed by atoms with E-state index in [1.807, 2.05) is 0 Å². The summed E-state index contributed by atoms with van der Waals surface area (Å²) in [5, 5.41) is 15.7. The van der Waals surface area contributed by atoms with E-state index in [9.17, 15) is 18.0 Å². The topological polar surface area (TPSA) is 150 Å². The number of sulfone groups is 1. The van der Waals surface area contributed by atoms with Crippen molar-refractivity contribution in [1.29, 1.82) is 0 Å². The number of ether oxygens (including phenoxy) is 2. The summed E-state index contributed by atoms with van der Waals surface area (Å²) in [6, 6.07) is 10.2. The van der Waals surface area contributed by atoms with Gasteiger partial charge in [-0.15, -0.1) is 0 Å². The summed E-state index contributed by atoms with van der Waals surface area (Å²) in [6.45, 7) is 0. The number of rotatable bonds is 9. The normalized spacial score (nSPS) is 12.4. The summed E-state index contributed by atoms with van der Waals surface area (Å²) < 4.78 is 38.4. The summed E-state index contributed by atoms with van der Waals surface area (Å²) >= 11 is 6.30. The number of carbonyl (C=O) groups is 2. The van der Waals surface area contributed by atoms with Gasteiger partial charge in [-0.3, -0.25) is 5.32 Å². The molecule has 3 aromatic rings. The summed E-state index contributed by atoms with van der Waals surface area (Å²) in [4.78, 5) is 26.4. The first-order valence-corrected chi connectivity index (χ1v) is 11.4. The molecule has 0 bridgehead atoms. The van der Waals surface area contributed by atoms with Gasteiger partial charge in [-0.2, -0.15) is 5.10 Å². The highest BCUT2D eigenvalue weighted by Crippen LogP contribution is 2.30. The number of nitrogens with one attached hydrogen (secondary N) is 1. The maximum Gasteiger partial charge on any atom is 0.332 e. The van der Waals surface area contributed by atoms with Crippen LogP contribution in [-0.4, -0.2) is 54.4 Å². The third-order valence-corrected chi connectivity index (χ3v) is 6.44. The predicted octanol–water partition coefficient (Wildman–Crippen LogP) is 2.16. The number of carboxylic acids is 1. The standard InChI is InChI=1S/C21H19ClN4O7S/c1-23-21(33-20(29)8-7-19(27)28)15-12-18(26(25-15)16-6-4-3-5-14(16)22)34(30,31)13-9-10-24-17(11-13)32-2/h3-12,21,23H,1-2H3,(H,27,28)/b8-7+. The largest absolute Gasteiger partial charge is 0.481 e. The van der Waals surface area contributed by atoms with Gasteiger partial charge >= 0.3 is 11.9 Å². The van der Waals surface area contributed by atoms with Crippen LogP contribution in [0, 0.1) is 0 Å². The van der Waals surface area contributed by atoms with E-state index in [0.29, 0.717) is 6.08 Å². The predicted molar refractivity (Wildman–Crippen MR) is 119 cm³/mol. The highest BCUT2D eigenvalue weighted by molar-refractivity contribution is 7.91. The highest BCUT2D eigenvalue weighted by atomic mass is 35.5. The van der Waals surface area contributed by atoms with Gasteiger partial charge in [0.1, 0.15) is 5.69 Å². The molecule has 178 valence electrons. The Morgan fingerprint density at radius 3 is 2.59 bits per heavy atom. The number of carbonyl (C=O) groups excluding carboxylic acids is 1. The number of esters is 1. The molecule has 0 saturated carbocycles. The van der Waals surface area contributed by atoms with E-state index in [1.165, 1.54) is 38.6 Å². The number of benzene rings is 1. The number of hydrogen-bond acceptors (Lipinski definition) is 9. The number of para-hydroxylation sites is 1. The molecule has 0 aliphatic heterocycles. The molecule has 1 aromatic carbocycles. The Hall–Kier alpha value is -3.74. The number of nitrogens with zero attached hydrogens (tertiary/aromatic N) is 3. The van der Waals surface area contributed by atoms with Crippen LogP contribution in [0.25, 0.3) is 5.69 Å². The molecular weight excluding hydrogens is 488 g/mol. The molecule has 0 radical (unpaired) electrons. The smallest absolute Gasteiger partial charge is 0.332 e. The first kappa shape index (κ1) is 24.9. The van der Waals surface area contributed by atoms with Crippen molar-refractivity contribution < 1.29 is 32.6 Å². The molecule has 0 aliphatic rings. The Morgan fingerprint density at radius 1 is 1.21 bits per heavy atom. The lowest BCUT2D eigenvalue weighted by Gasteiger charge is -2.13. The van der Waals surface area contributed by atoms with Crippen molar-refractivity contribution in [1.82, 2.24) is 20.1 Å². The van der Waals surface area contributed by atoms with E-state index in [4.69, 9.17) is 26.2 Å². The number of aromatic nitrogens is 3. The minimum atomic E-state index is -4.18. The molecule has 0 saturated heterocycles. The Kier molecular flexibility index (Phi) is 7.66. The van der Waals surface area contributed by atoms with Gasteiger partial charge in [-0.05, 0) is 25.2 Å². The fourth-order valence-corrected chi connectivity index (χ4v) is 4.45. The molecule has 1 unspecified atom stereocenters. The Labute approximate surface area is 199 Å². The van der Waals surface area contributed by atoms with Gasteiger partial charge in [0.15, 0.2) is 11.3 Å². The van der Waals surface area contributed by atoms with E-state index >= 15 is 0 Å². The molecule has 0 fully saturated rings. The van der Waals surface area contributed by atoms with Gasteiger partial charge in [0.2, 0.25) is 15.7 Å². The Balaban J connectivity index is 2.14. The molecule has 2 N–H and O–H groups in total. The molecule has 34 heavy (non-hydrogen) atoms. The van der Waals surface area contributed by atoms with Crippen LogP contribution in [0.2, 0.25) is 5.02 Å². The minimum Gasteiger partial charge on any atom is -0.481 e. The van der Waals surface area contributed by atoms with Crippen molar-refractivity contribution >= 4 is 33.4 Å². The summed E-state index contributed by atoms with van der Waals surface area (Å²) in [5.74, 6) is -2.21. The average Bonchev–Trinajstić information content (AvgIpc) is 3.27. The zero-order chi connectivity index (χ0) is 24.9. The van der Waals surface area contributed by atoms with Crippen LogP contribution < -0.4 is 10.1 Å². The van der Waals surface area contributed by atoms with Crippen LogP contribution in [0.1, 0.15) is 11.9 Å². The van der Waals surface area contributed by atoms with Gasteiger partial charge in [0, 0.05) is 30.5 Å². The number of aliphatic carboxylic acids is 1. The number of pyridine rings is 1. The molecular formula is C21H19ClN4O7S. The van der Waals surface area contributed by atoms with Crippen LogP contribution in [-0.2, 0) is 24.2 Å². The van der Waals surface area contributed by atoms with Crippen molar-refractivity contribution in [3.05, 3.63) is 71.5 Å². The van der Waals surface area contributed by atoms with Gasteiger partial charge < -0.3 is 14.6 Å². The van der Waals surface area contributed by atoms with Crippen LogP contribution in [0.4, 0.5) is 0 Å².